The first-order valence-electron chi connectivity index (χ1n) is 6.16. The van der Waals surface area contributed by atoms with Crippen LogP contribution in [0.1, 0.15) is 25.8 Å². The summed E-state index contributed by atoms with van der Waals surface area (Å²) in [5, 5.41) is 11.8. The molecular formula is C14H21NO3. The summed E-state index contributed by atoms with van der Waals surface area (Å²) >= 11 is 0. The van der Waals surface area contributed by atoms with Crippen molar-refractivity contribution < 1.29 is 14.6 Å². The number of hydrogen-bond donors (Lipinski definition) is 2. The van der Waals surface area contributed by atoms with Gasteiger partial charge in [0.05, 0.1) is 12.5 Å². The van der Waals surface area contributed by atoms with E-state index in [0.717, 1.165) is 11.3 Å². The number of aliphatic carboxylic acids is 1. The number of nitrogens with one attached hydrogen (secondary N) is 1. The van der Waals surface area contributed by atoms with Gasteiger partial charge in [0.1, 0.15) is 5.75 Å². The van der Waals surface area contributed by atoms with Crippen LogP contribution in [0.25, 0.3) is 0 Å². The average Bonchev–Trinajstić information content (AvgIpc) is 2.29. The average molecular weight is 251 g/mol. The highest BCUT2D eigenvalue weighted by Crippen LogP contribution is 2.15. The van der Waals surface area contributed by atoms with E-state index in [1.807, 2.05) is 38.1 Å². The Morgan fingerprint density at radius 1 is 1.33 bits per heavy atom. The van der Waals surface area contributed by atoms with Gasteiger partial charge >= 0.3 is 5.97 Å². The monoisotopic (exact) mass is 251 g/mol. The second kappa shape index (κ2) is 7.01. The Morgan fingerprint density at radius 3 is 2.39 bits per heavy atom. The van der Waals surface area contributed by atoms with Crippen LogP contribution in [0.2, 0.25) is 0 Å². The number of carboxylic acids is 1. The van der Waals surface area contributed by atoms with Crippen LogP contribution in [0, 0.1) is 0 Å². The highest BCUT2D eigenvalue weighted by molar-refractivity contribution is 5.67. The third-order valence-electron chi connectivity index (χ3n) is 2.61. The second-order valence-electron chi connectivity index (χ2n) is 4.60. The molecule has 1 unspecified atom stereocenters. The molecule has 2 N–H and O–H groups in total. The molecule has 0 heterocycles. The second-order valence-corrected chi connectivity index (χ2v) is 4.60. The zero-order chi connectivity index (χ0) is 13.5. The fourth-order valence-electron chi connectivity index (χ4n) is 1.75. The van der Waals surface area contributed by atoms with Crippen molar-refractivity contribution in [3.63, 3.8) is 0 Å². The van der Waals surface area contributed by atoms with E-state index < -0.39 is 5.97 Å². The molecule has 1 aromatic carbocycles. The lowest BCUT2D eigenvalue weighted by Gasteiger charge is -2.14. The van der Waals surface area contributed by atoms with Gasteiger partial charge < -0.3 is 15.2 Å². The van der Waals surface area contributed by atoms with Gasteiger partial charge in [-0.25, -0.2) is 0 Å². The molecule has 0 aliphatic heterocycles. The molecule has 0 aromatic heterocycles. The predicted octanol–water partition coefficient (Wildman–Crippen LogP) is 2.08. The largest absolute Gasteiger partial charge is 0.491 e. The van der Waals surface area contributed by atoms with Crippen molar-refractivity contribution in [3.05, 3.63) is 29.8 Å². The van der Waals surface area contributed by atoms with Gasteiger partial charge in [0, 0.05) is 6.04 Å². The third-order valence-corrected chi connectivity index (χ3v) is 2.61. The first-order valence-corrected chi connectivity index (χ1v) is 6.16. The van der Waals surface area contributed by atoms with Gasteiger partial charge in [-0.15, -0.1) is 0 Å². The minimum Gasteiger partial charge on any atom is -0.491 e. The number of ether oxygens (including phenoxy) is 1. The van der Waals surface area contributed by atoms with E-state index in [-0.39, 0.29) is 18.6 Å². The fraction of sp³-hybridized carbons (Fsp3) is 0.500. The van der Waals surface area contributed by atoms with Crippen molar-refractivity contribution >= 4 is 5.97 Å². The molecule has 0 spiro atoms. The van der Waals surface area contributed by atoms with Crippen LogP contribution >= 0.6 is 0 Å². The molecule has 0 bridgehead atoms. The van der Waals surface area contributed by atoms with Crippen molar-refractivity contribution in [2.24, 2.45) is 0 Å². The Balaban J connectivity index is 2.59. The van der Waals surface area contributed by atoms with Gasteiger partial charge in [-0.3, -0.25) is 4.79 Å². The number of hydrogen-bond acceptors (Lipinski definition) is 3. The Hall–Kier alpha value is -1.55. The molecular weight excluding hydrogens is 230 g/mol. The van der Waals surface area contributed by atoms with Crippen LogP contribution in [0.15, 0.2) is 24.3 Å². The molecule has 18 heavy (non-hydrogen) atoms. The fourth-order valence-corrected chi connectivity index (χ4v) is 1.75. The first kappa shape index (κ1) is 14.5. The molecule has 0 saturated heterocycles. The van der Waals surface area contributed by atoms with E-state index in [4.69, 9.17) is 9.84 Å². The molecule has 0 fully saturated rings. The maximum absolute atomic E-state index is 10.7. The molecule has 4 heteroatoms. The number of carbonyl (C=O) groups is 1. The summed E-state index contributed by atoms with van der Waals surface area (Å²) in [5.41, 5.74) is 1.10. The van der Waals surface area contributed by atoms with Crippen LogP contribution < -0.4 is 10.1 Å². The zero-order valence-electron chi connectivity index (χ0n) is 11.1. The number of benzene rings is 1. The van der Waals surface area contributed by atoms with Crippen molar-refractivity contribution in [2.75, 3.05) is 7.05 Å². The normalized spacial score (nSPS) is 12.4. The van der Waals surface area contributed by atoms with Crippen LogP contribution in [-0.2, 0) is 11.2 Å². The first-order chi connectivity index (χ1) is 8.51. The van der Waals surface area contributed by atoms with Crippen molar-refractivity contribution in [1.29, 1.82) is 0 Å². The minimum absolute atomic E-state index is 0.0423. The lowest BCUT2D eigenvalue weighted by atomic mass is 10.0. The number of rotatable bonds is 7. The topological polar surface area (TPSA) is 58.6 Å². The lowest BCUT2D eigenvalue weighted by Crippen LogP contribution is -2.30. The van der Waals surface area contributed by atoms with E-state index in [9.17, 15) is 4.79 Å². The van der Waals surface area contributed by atoms with E-state index >= 15 is 0 Å². The van der Waals surface area contributed by atoms with Gasteiger partial charge in [-0.1, -0.05) is 12.1 Å². The predicted molar refractivity (Wildman–Crippen MR) is 71.0 cm³/mol. The van der Waals surface area contributed by atoms with Gasteiger partial charge in [0.25, 0.3) is 0 Å². The van der Waals surface area contributed by atoms with Gasteiger partial charge in [0.15, 0.2) is 0 Å². The Morgan fingerprint density at radius 2 is 1.94 bits per heavy atom. The molecule has 1 atom stereocenters. The van der Waals surface area contributed by atoms with Crippen molar-refractivity contribution in [2.45, 2.75) is 38.8 Å². The zero-order valence-corrected chi connectivity index (χ0v) is 11.1. The summed E-state index contributed by atoms with van der Waals surface area (Å²) in [6.45, 7) is 3.97. The maximum Gasteiger partial charge on any atom is 0.304 e. The number of likely N-dealkylation sites (N-methyl/N-ethyl adjacent to an activating group) is 1. The molecule has 0 saturated carbocycles. The molecule has 1 aromatic rings. The highest BCUT2D eigenvalue weighted by atomic mass is 16.5. The molecule has 100 valence electrons. The van der Waals surface area contributed by atoms with Crippen LogP contribution in [-0.4, -0.2) is 30.3 Å². The quantitative estimate of drug-likeness (QED) is 0.779. The van der Waals surface area contributed by atoms with Crippen LogP contribution in [0.5, 0.6) is 5.75 Å². The Kier molecular flexibility index (Phi) is 5.65. The summed E-state index contributed by atoms with van der Waals surface area (Å²) < 4.78 is 5.56. The van der Waals surface area contributed by atoms with Gasteiger partial charge in [-0.2, -0.15) is 0 Å². The van der Waals surface area contributed by atoms with Crippen molar-refractivity contribution in [1.82, 2.24) is 5.32 Å². The van der Waals surface area contributed by atoms with E-state index in [1.54, 1.807) is 7.05 Å². The summed E-state index contributed by atoms with van der Waals surface area (Å²) in [4.78, 5) is 10.7. The summed E-state index contributed by atoms with van der Waals surface area (Å²) in [7, 11) is 1.78. The Labute approximate surface area is 108 Å². The highest BCUT2D eigenvalue weighted by Gasteiger charge is 2.11. The Bertz CT molecular complexity index is 373. The van der Waals surface area contributed by atoms with Gasteiger partial charge in [-0.05, 0) is 45.0 Å². The maximum atomic E-state index is 10.7. The molecule has 0 radical (unpaired) electrons. The van der Waals surface area contributed by atoms with E-state index in [0.29, 0.717) is 6.42 Å². The van der Waals surface area contributed by atoms with E-state index in [2.05, 4.69) is 5.32 Å². The lowest BCUT2D eigenvalue weighted by molar-refractivity contribution is -0.137. The third kappa shape index (κ3) is 5.19. The van der Waals surface area contributed by atoms with Crippen molar-refractivity contribution in [3.8, 4) is 5.75 Å². The minimum atomic E-state index is -0.783. The molecule has 4 nitrogen and oxygen atoms in total. The van der Waals surface area contributed by atoms with Crippen LogP contribution in [0.4, 0.5) is 0 Å². The SMILES string of the molecule is CNC(CC(=O)O)Cc1ccc(OC(C)C)cc1. The smallest absolute Gasteiger partial charge is 0.304 e. The molecule has 0 amide bonds. The summed E-state index contributed by atoms with van der Waals surface area (Å²) in [6, 6.07) is 7.75. The van der Waals surface area contributed by atoms with Crippen LogP contribution in [0.3, 0.4) is 0 Å². The number of carboxylic acid groups (broad SMARTS) is 1. The van der Waals surface area contributed by atoms with Gasteiger partial charge in [0.2, 0.25) is 0 Å². The summed E-state index contributed by atoms with van der Waals surface area (Å²) in [6.07, 6.45) is 0.985. The molecule has 1 rings (SSSR count). The standard InChI is InChI=1S/C14H21NO3/c1-10(2)18-13-6-4-11(5-7-13)8-12(15-3)9-14(16)17/h4-7,10,12,15H,8-9H2,1-3H3,(H,16,17). The van der Waals surface area contributed by atoms with E-state index in [1.165, 1.54) is 0 Å². The summed E-state index contributed by atoms with van der Waals surface area (Å²) in [5.74, 6) is 0.0575. The molecule has 0 aliphatic carbocycles. The molecule has 0 aliphatic rings.